The van der Waals surface area contributed by atoms with Gasteiger partial charge in [-0.2, -0.15) is 0 Å². The molecule has 3 aliphatic heterocycles. The van der Waals surface area contributed by atoms with Crippen LogP contribution in [-0.4, -0.2) is 30.9 Å². The van der Waals surface area contributed by atoms with Crippen molar-refractivity contribution in [2.45, 2.75) is 31.3 Å². The lowest BCUT2D eigenvalue weighted by molar-refractivity contribution is -0.122. The predicted octanol–water partition coefficient (Wildman–Crippen LogP) is 9.23. The highest BCUT2D eigenvalue weighted by atomic mass is 79.9. The van der Waals surface area contributed by atoms with E-state index in [1.54, 1.807) is 18.2 Å². The molecule has 1 saturated heterocycles. The van der Waals surface area contributed by atoms with E-state index >= 15 is 0 Å². The first-order valence-corrected chi connectivity index (χ1v) is 18.1. The molecule has 0 bridgehead atoms. The lowest BCUT2D eigenvalue weighted by Gasteiger charge is -2.44. The maximum Gasteiger partial charge on any atom is 0.335 e. The molecule has 9 heteroatoms. The van der Waals surface area contributed by atoms with Crippen LogP contribution >= 0.6 is 27.5 Å². The SMILES string of the molecule is O=C1NC(=O)N(c2cc3c4c(c2)[C@@H](c2ccccc2)CCN4CC[C@@H]3c2ccccc2)C(=O)/C1=C/c1cc(Br)ccc1OCc1cccc(Cl)c1. The third kappa shape index (κ3) is 6.46. The van der Waals surface area contributed by atoms with E-state index in [9.17, 15) is 14.4 Å². The van der Waals surface area contributed by atoms with E-state index < -0.39 is 17.8 Å². The fourth-order valence-corrected chi connectivity index (χ4v) is 8.16. The van der Waals surface area contributed by atoms with E-state index in [1.807, 2.05) is 72.8 Å². The molecule has 0 saturated carbocycles. The molecule has 3 aliphatic rings. The van der Waals surface area contributed by atoms with Gasteiger partial charge in [-0.1, -0.05) is 100 Å². The Balaban J connectivity index is 1.22. The van der Waals surface area contributed by atoms with E-state index in [1.165, 1.54) is 22.9 Å². The smallest absolute Gasteiger partial charge is 0.335 e. The van der Waals surface area contributed by atoms with Crippen LogP contribution < -0.4 is 19.9 Å². The van der Waals surface area contributed by atoms with E-state index in [0.717, 1.165) is 52.0 Å². The van der Waals surface area contributed by atoms with Gasteiger partial charge in [0.15, 0.2) is 0 Å². The van der Waals surface area contributed by atoms with Crippen LogP contribution in [0.3, 0.4) is 0 Å². The van der Waals surface area contributed by atoms with Gasteiger partial charge >= 0.3 is 6.03 Å². The molecule has 0 aromatic heterocycles. The van der Waals surface area contributed by atoms with Crippen LogP contribution in [0.4, 0.5) is 16.2 Å². The minimum Gasteiger partial charge on any atom is -0.488 e. The average molecular weight is 759 g/mol. The van der Waals surface area contributed by atoms with Crippen molar-refractivity contribution in [3.63, 3.8) is 0 Å². The monoisotopic (exact) mass is 757 g/mol. The lowest BCUT2D eigenvalue weighted by atomic mass is 9.76. The first-order valence-electron chi connectivity index (χ1n) is 16.9. The molecule has 1 N–H and O–H groups in total. The second-order valence-electron chi connectivity index (χ2n) is 13.0. The number of halogens is 2. The molecule has 8 rings (SSSR count). The van der Waals surface area contributed by atoms with Crippen LogP contribution in [0.15, 0.2) is 125 Å². The number of imide groups is 2. The first-order chi connectivity index (χ1) is 24.8. The van der Waals surface area contributed by atoms with Gasteiger partial charge in [0.05, 0.1) is 5.69 Å². The number of nitrogens with one attached hydrogen (secondary N) is 1. The molecule has 1 fully saturated rings. The van der Waals surface area contributed by atoms with Crippen LogP contribution in [0.1, 0.15) is 58.1 Å². The van der Waals surface area contributed by atoms with Crippen LogP contribution in [0.5, 0.6) is 5.75 Å². The fraction of sp³-hybridized carbons (Fsp3) is 0.167. The summed E-state index contributed by atoms with van der Waals surface area (Å²) in [7, 11) is 0. The highest BCUT2D eigenvalue weighted by Crippen LogP contribution is 2.50. The number of ether oxygens (including phenoxy) is 1. The van der Waals surface area contributed by atoms with Crippen LogP contribution in [0, 0.1) is 0 Å². The quantitative estimate of drug-likeness (QED) is 0.132. The Morgan fingerprint density at radius 1 is 0.784 bits per heavy atom. The first kappa shape index (κ1) is 33.0. The van der Waals surface area contributed by atoms with Crippen molar-refractivity contribution >= 4 is 62.8 Å². The number of carbonyl (C=O) groups is 3. The molecule has 51 heavy (non-hydrogen) atoms. The van der Waals surface area contributed by atoms with E-state index in [-0.39, 0.29) is 24.0 Å². The molecule has 7 nitrogen and oxygen atoms in total. The Morgan fingerprint density at radius 2 is 1.43 bits per heavy atom. The Bertz CT molecular complexity index is 2130. The number of carbonyl (C=O) groups excluding carboxylic acids is 3. The molecule has 5 aromatic rings. The van der Waals surface area contributed by atoms with Crippen molar-refractivity contribution in [3.8, 4) is 5.75 Å². The summed E-state index contributed by atoms with van der Waals surface area (Å²) in [6.07, 6.45) is 3.29. The maximum absolute atomic E-state index is 14.4. The highest BCUT2D eigenvalue weighted by Gasteiger charge is 2.40. The van der Waals surface area contributed by atoms with Gasteiger partial charge in [0.2, 0.25) is 0 Å². The second-order valence-corrected chi connectivity index (χ2v) is 14.4. The zero-order valence-corrected chi connectivity index (χ0v) is 29.9. The van der Waals surface area contributed by atoms with Crippen molar-refractivity contribution in [2.24, 2.45) is 0 Å². The number of urea groups is 1. The largest absolute Gasteiger partial charge is 0.488 e. The normalized spacial score (nSPS) is 19.2. The summed E-state index contributed by atoms with van der Waals surface area (Å²) in [6, 6.07) is 36.6. The number of nitrogens with zero attached hydrogens (tertiary/aromatic N) is 2. The van der Waals surface area contributed by atoms with Gasteiger partial charge in [-0.15, -0.1) is 0 Å². The van der Waals surface area contributed by atoms with Gasteiger partial charge in [-0.05, 0) is 89.2 Å². The summed E-state index contributed by atoms with van der Waals surface area (Å²) >= 11 is 9.68. The number of rotatable bonds is 7. The zero-order valence-electron chi connectivity index (χ0n) is 27.5. The molecular formula is C42H33BrClN3O4. The zero-order chi connectivity index (χ0) is 35.1. The Morgan fingerprint density at radius 3 is 2.06 bits per heavy atom. The van der Waals surface area contributed by atoms with Crippen molar-refractivity contribution in [3.05, 3.63) is 164 Å². The molecule has 0 spiro atoms. The van der Waals surface area contributed by atoms with Crippen molar-refractivity contribution in [1.82, 2.24) is 5.32 Å². The van der Waals surface area contributed by atoms with Gasteiger partial charge in [0.25, 0.3) is 11.8 Å². The van der Waals surface area contributed by atoms with Crippen LogP contribution in [-0.2, 0) is 16.2 Å². The Kier molecular flexibility index (Phi) is 8.96. The summed E-state index contributed by atoms with van der Waals surface area (Å²) in [6.45, 7) is 2.06. The predicted molar refractivity (Wildman–Crippen MR) is 203 cm³/mol. The number of barbiturate groups is 1. The maximum atomic E-state index is 14.4. The molecule has 4 amide bonds. The summed E-state index contributed by atoms with van der Waals surface area (Å²) < 4.78 is 6.88. The molecule has 0 aliphatic carbocycles. The van der Waals surface area contributed by atoms with Gasteiger partial charge in [-0.25, -0.2) is 9.69 Å². The summed E-state index contributed by atoms with van der Waals surface area (Å²) in [5.74, 6) is -0.855. The fourth-order valence-electron chi connectivity index (χ4n) is 7.57. The van der Waals surface area contributed by atoms with E-state index in [0.29, 0.717) is 22.0 Å². The summed E-state index contributed by atoms with van der Waals surface area (Å²) in [4.78, 5) is 45.0. The van der Waals surface area contributed by atoms with E-state index in [2.05, 4.69) is 50.4 Å². The minimum absolute atomic E-state index is 0.0751. The van der Waals surface area contributed by atoms with Gasteiger partial charge in [-0.3, -0.25) is 14.9 Å². The second kappa shape index (κ2) is 13.9. The molecule has 3 heterocycles. The van der Waals surface area contributed by atoms with E-state index in [4.69, 9.17) is 16.3 Å². The summed E-state index contributed by atoms with van der Waals surface area (Å²) in [5, 5.41) is 3.03. The highest BCUT2D eigenvalue weighted by molar-refractivity contribution is 9.10. The topological polar surface area (TPSA) is 79.0 Å². The number of amides is 4. The van der Waals surface area contributed by atoms with Gasteiger partial charge in [0, 0.05) is 45.7 Å². The van der Waals surface area contributed by atoms with Crippen LogP contribution in [0.2, 0.25) is 5.02 Å². The third-order valence-corrected chi connectivity index (χ3v) is 10.6. The number of hydrogen-bond acceptors (Lipinski definition) is 5. The standard InChI is InChI=1S/C42H33BrClN3O4/c43-30-14-15-38(51-25-26-8-7-13-31(44)20-26)29(21-30)22-37-40(48)45-42(50)47(41(37)49)32-23-35-33(27-9-3-1-4-10-27)16-18-46-19-17-34(36(24-32)39(35)46)28-11-5-2-6-12-28/h1-15,20-24,33-34H,16-19,25H2,(H,45,48,50)/b37-22+/t33-,34-/m1/s1. The minimum atomic E-state index is -0.781. The van der Waals surface area contributed by atoms with Crippen molar-refractivity contribution in [2.75, 3.05) is 22.9 Å². The Labute approximate surface area is 309 Å². The molecule has 5 aromatic carbocycles. The van der Waals surface area contributed by atoms with Crippen molar-refractivity contribution in [1.29, 1.82) is 0 Å². The number of hydrogen-bond donors (Lipinski definition) is 1. The Hall–Kier alpha value is -5.18. The molecule has 0 radical (unpaired) electrons. The molecular weight excluding hydrogens is 726 g/mol. The summed E-state index contributed by atoms with van der Waals surface area (Å²) in [5.41, 5.74) is 7.32. The van der Waals surface area contributed by atoms with Crippen molar-refractivity contribution < 1.29 is 19.1 Å². The molecule has 2 atom stereocenters. The third-order valence-electron chi connectivity index (χ3n) is 9.91. The van der Waals surface area contributed by atoms with Crippen LogP contribution in [0.25, 0.3) is 6.08 Å². The number of anilines is 2. The average Bonchev–Trinajstić information content (AvgIpc) is 3.14. The van der Waals surface area contributed by atoms with Gasteiger partial charge < -0.3 is 9.64 Å². The lowest BCUT2D eigenvalue weighted by Crippen LogP contribution is -2.54. The molecule has 0 unspecified atom stereocenters. The molecule has 254 valence electrons. The van der Waals surface area contributed by atoms with Gasteiger partial charge in [0.1, 0.15) is 17.9 Å². The number of benzene rings is 5.